The van der Waals surface area contributed by atoms with Gasteiger partial charge < -0.3 is 14.6 Å². The molecule has 92 valence electrons. The van der Waals surface area contributed by atoms with Crippen LogP contribution in [0.2, 0.25) is 0 Å². The van der Waals surface area contributed by atoms with Crippen molar-refractivity contribution >= 4 is 15.9 Å². The van der Waals surface area contributed by atoms with E-state index in [1.165, 1.54) is 0 Å². The Labute approximate surface area is 113 Å². The van der Waals surface area contributed by atoms with Crippen molar-refractivity contribution in [2.75, 3.05) is 6.79 Å². The third-order valence-corrected chi connectivity index (χ3v) is 3.60. The minimum Gasteiger partial charge on any atom is -0.454 e. The summed E-state index contributed by atoms with van der Waals surface area (Å²) < 4.78 is 11.6. The highest BCUT2D eigenvalue weighted by Gasteiger charge is 2.25. The molecule has 3 rings (SSSR count). The number of aliphatic hydroxyl groups excluding tert-OH is 1. The molecule has 0 radical (unpaired) electrons. The van der Waals surface area contributed by atoms with E-state index in [2.05, 4.69) is 15.9 Å². The Morgan fingerprint density at radius 2 is 1.83 bits per heavy atom. The summed E-state index contributed by atoms with van der Waals surface area (Å²) >= 11 is 3.45. The second-order valence-corrected chi connectivity index (χ2v) is 4.86. The molecule has 0 saturated carbocycles. The van der Waals surface area contributed by atoms with Crippen molar-refractivity contribution in [2.24, 2.45) is 0 Å². The fraction of sp³-hybridized carbons (Fsp3) is 0.143. The summed E-state index contributed by atoms with van der Waals surface area (Å²) in [5, 5.41) is 10.5. The third-order valence-electron chi connectivity index (χ3n) is 2.91. The topological polar surface area (TPSA) is 38.7 Å². The van der Waals surface area contributed by atoms with Crippen molar-refractivity contribution in [1.82, 2.24) is 0 Å². The van der Waals surface area contributed by atoms with Gasteiger partial charge in [0.2, 0.25) is 6.79 Å². The average molecular weight is 307 g/mol. The predicted molar refractivity (Wildman–Crippen MR) is 70.8 cm³/mol. The van der Waals surface area contributed by atoms with E-state index in [1.54, 1.807) is 0 Å². The van der Waals surface area contributed by atoms with E-state index in [-0.39, 0.29) is 6.79 Å². The van der Waals surface area contributed by atoms with E-state index in [1.807, 2.05) is 42.5 Å². The standard InChI is InChI=1S/C14H11BrO3/c15-10-6-7-11-14(18-8-17-11)12(10)13(16)9-4-2-1-3-5-9/h1-7,13,16H,8H2. The molecule has 1 heterocycles. The van der Waals surface area contributed by atoms with Crippen LogP contribution in [0.3, 0.4) is 0 Å². The van der Waals surface area contributed by atoms with Gasteiger partial charge in [0.25, 0.3) is 0 Å². The second kappa shape index (κ2) is 4.63. The van der Waals surface area contributed by atoms with Gasteiger partial charge in [0, 0.05) is 10.0 Å². The van der Waals surface area contributed by atoms with Crippen LogP contribution < -0.4 is 9.47 Å². The number of hydrogen-bond donors (Lipinski definition) is 1. The van der Waals surface area contributed by atoms with Crippen LogP contribution in [0.1, 0.15) is 17.2 Å². The second-order valence-electron chi connectivity index (χ2n) is 4.01. The van der Waals surface area contributed by atoms with Gasteiger partial charge in [-0.3, -0.25) is 0 Å². The molecule has 1 aliphatic heterocycles. The molecule has 0 amide bonds. The molecule has 0 bridgehead atoms. The van der Waals surface area contributed by atoms with Gasteiger partial charge in [-0.15, -0.1) is 0 Å². The Balaban J connectivity index is 2.10. The highest BCUT2D eigenvalue weighted by Crippen LogP contribution is 2.44. The Bertz CT molecular complexity index is 569. The Morgan fingerprint density at radius 3 is 2.61 bits per heavy atom. The van der Waals surface area contributed by atoms with Crippen molar-refractivity contribution in [1.29, 1.82) is 0 Å². The molecule has 0 aromatic heterocycles. The predicted octanol–water partition coefficient (Wildman–Crippen LogP) is 3.26. The largest absolute Gasteiger partial charge is 0.454 e. The minimum atomic E-state index is -0.739. The van der Waals surface area contributed by atoms with Crippen LogP contribution in [0.4, 0.5) is 0 Å². The van der Waals surface area contributed by atoms with E-state index in [4.69, 9.17) is 9.47 Å². The van der Waals surface area contributed by atoms with Crippen molar-refractivity contribution < 1.29 is 14.6 Å². The monoisotopic (exact) mass is 306 g/mol. The molecule has 2 aromatic carbocycles. The molecule has 0 aliphatic carbocycles. The molecule has 0 spiro atoms. The zero-order chi connectivity index (χ0) is 12.5. The molecule has 1 unspecified atom stereocenters. The number of hydrogen-bond acceptors (Lipinski definition) is 3. The summed E-state index contributed by atoms with van der Waals surface area (Å²) in [7, 11) is 0. The van der Waals surface area contributed by atoms with E-state index in [0.29, 0.717) is 17.1 Å². The van der Waals surface area contributed by atoms with Gasteiger partial charge in [0.05, 0.1) is 0 Å². The zero-order valence-electron chi connectivity index (χ0n) is 9.47. The van der Waals surface area contributed by atoms with Crippen LogP contribution in [-0.4, -0.2) is 11.9 Å². The molecular weight excluding hydrogens is 296 g/mol. The summed E-state index contributed by atoms with van der Waals surface area (Å²) in [6.45, 7) is 0.195. The SMILES string of the molecule is OC(c1ccccc1)c1c(Br)ccc2c1OCO2. The number of fused-ring (bicyclic) bond motifs is 1. The Morgan fingerprint density at radius 1 is 1.06 bits per heavy atom. The minimum absolute atomic E-state index is 0.195. The molecule has 0 fully saturated rings. The van der Waals surface area contributed by atoms with Gasteiger partial charge in [-0.25, -0.2) is 0 Å². The first-order valence-corrected chi connectivity index (χ1v) is 6.37. The van der Waals surface area contributed by atoms with Crippen molar-refractivity contribution in [3.63, 3.8) is 0 Å². The molecule has 2 aromatic rings. The van der Waals surface area contributed by atoms with E-state index >= 15 is 0 Å². The number of rotatable bonds is 2. The van der Waals surface area contributed by atoms with Gasteiger partial charge in [0.15, 0.2) is 11.5 Å². The Kier molecular flexibility index (Phi) is 2.97. The number of benzene rings is 2. The molecule has 0 saturated heterocycles. The highest BCUT2D eigenvalue weighted by atomic mass is 79.9. The number of ether oxygens (including phenoxy) is 2. The fourth-order valence-electron chi connectivity index (χ4n) is 2.03. The normalized spacial score (nSPS) is 14.6. The number of halogens is 1. The lowest BCUT2D eigenvalue weighted by atomic mass is 10.0. The molecule has 3 nitrogen and oxygen atoms in total. The maximum atomic E-state index is 10.5. The Hall–Kier alpha value is -1.52. The van der Waals surface area contributed by atoms with Gasteiger partial charge in [-0.05, 0) is 17.7 Å². The van der Waals surface area contributed by atoms with Gasteiger partial charge >= 0.3 is 0 Å². The third kappa shape index (κ3) is 1.87. The molecule has 4 heteroatoms. The maximum Gasteiger partial charge on any atom is 0.231 e. The van der Waals surface area contributed by atoms with Crippen LogP contribution in [-0.2, 0) is 0 Å². The lowest BCUT2D eigenvalue weighted by Gasteiger charge is -2.15. The van der Waals surface area contributed by atoms with Crippen molar-refractivity contribution in [3.8, 4) is 11.5 Å². The van der Waals surface area contributed by atoms with Gasteiger partial charge in [-0.1, -0.05) is 46.3 Å². The lowest BCUT2D eigenvalue weighted by molar-refractivity contribution is 0.167. The van der Waals surface area contributed by atoms with Crippen molar-refractivity contribution in [2.45, 2.75) is 6.10 Å². The van der Waals surface area contributed by atoms with Crippen LogP contribution in [0, 0.1) is 0 Å². The average Bonchev–Trinajstić information content (AvgIpc) is 2.87. The quantitative estimate of drug-likeness (QED) is 0.925. The summed E-state index contributed by atoms with van der Waals surface area (Å²) in [6.07, 6.45) is -0.739. The maximum absolute atomic E-state index is 10.5. The molecular formula is C14H11BrO3. The van der Waals surface area contributed by atoms with E-state index < -0.39 is 6.10 Å². The van der Waals surface area contributed by atoms with E-state index in [9.17, 15) is 5.11 Å². The summed E-state index contributed by atoms with van der Waals surface area (Å²) in [6, 6.07) is 13.2. The van der Waals surface area contributed by atoms with Gasteiger partial charge in [-0.2, -0.15) is 0 Å². The fourth-order valence-corrected chi connectivity index (χ4v) is 2.56. The highest BCUT2D eigenvalue weighted by molar-refractivity contribution is 9.10. The lowest BCUT2D eigenvalue weighted by Crippen LogP contribution is -2.02. The van der Waals surface area contributed by atoms with Crippen LogP contribution >= 0.6 is 15.9 Å². The van der Waals surface area contributed by atoms with Crippen LogP contribution in [0.15, 0.2) is 46.9 Å². The zero-order valence-corrected chi connectivity index (χ0v) is 11.1. The van der Waals surface area contributed by atoms with Crippen molar-refractivity contribution in [3.05, 3.63) is 58.1 Å². The van der Waals surface area contributed by atoms with Gasteiger partial charge in [0.1, 0.15) is 6.10 Å². The first kappa shape index (κ1) is 11.6. The number of aliphatic hydroxyl groups is 1. The molecule has 1 aliphatic rings. The molecule has 1 atom stereocenters. The van der Waals surface area contributed by atoms with Crippen LogP contribution in [0.25, 0.3) is 0 Å². The molecule has 18 heavy (non-hydrogen) atoms. The summed E-state index contributed by atoms with van der Waals surface area (Å²) in [5.41, 5.74) is 1.53. The summed E-state index contributed by atoms with van der Waals surface area (Å²) in [5.74, 6) is 1.28. The first-order valence-electron chi connectivity index (χ1n) is 5.58. The first-order chi connectivity index (χ1) is 8.77. The smallest absolute Gasteiger partial charge is 0.231 e. The van der Waals surface area contributed by atoms with Crippen LogP contribution in [0.5, 0.6) is 11.5 Å². The summed E-state index contributed by atoms with van der Waals surface area (Å²) in [4.78, 5) is 0. The molecule has 1 N–H and O–H groups in total. The van der Waals surface area contributed by atoms with E-state index in [0.717, 1.165) is 10.0 Å².